The minimum atomic E-state index is -0.550. The molecular formula is C22H25N5O2S. The van der Waals surface area contributed by atoms with E-state index in [-0.39, 0.29) is 5.75 Å². The molecule has 2 aromatic carbocycles. The zero-order chi connectivity index (χ0) is 21.5. The predicted molar refractivity (Wildman–Crippen MR) is 119 cm³/mol. The lowest BCUT2D eigenvalue weighted by molar-refractivity contribution is -0.117. The molecule has 0 saturated carbocycles. The Morgan fingerprint density at radius 2 is 1.80 bits per heavy atom. The summed E-state index contributed by atoms with van der Waals surface area (Å²) in [6, 6.07) is 15.1. The van der Waals surface area contributed by atoms with Crippen LogP contribution < -0.4 is 10.6 Å². The molecule has 3 rings (SSSR count). The van der Waals surface area contributed by atoms with E-state index >= 15 is 0 Å². The number of nitrogens with one attached hydrogen (secondary N) is 2. The van der Waals surface area contributed by atoms with Crippen molar-refractivity contribution in [2.45, 2.75) is 38.9 Å². The van der Waals surface area contributed by atoms with Crippen molar-refractivity contribution in [3.05, 3.63) is 71.0 Å². The van der Waals surface area contributed by atoms with Crippen LogP contribution >= 0.6 is 11.8 Å². The van der Waals surface area contributed by atoms with Gasteiger partial charge < -0.3 is 9.88 Å². The van der Waals surface area contributed by atoms with Gasteiger partial charge in [0.2, 0.25) is 5.91 Å². The highest BCUT2D eigenvalue weighted by atomic mass is 32.2. The second-order valence-corrected chi connectivity index (χ2v) is 7.84. The molecule has 0 aliphatic rings. The maximum Gasteiger partial charge on any atom is 0.325 e. The SMILES string of the molecule is CCn1c(Cc2ccccc2)nnc1SCC(=O)NC(=O)Nc1ccc(C)c(C)c1. The molecule has 0 bridgehead atoms. The van der Waals surface area contributed by atoms with Crippen molar-refractivity contribution in [1.82, 2.24) is 20.1 Å². The summed E-state index contributed by atoms with van der Waals surface area (Å²) in [7, 11) is 0. The van der Waals surface area contributed by atoms with Gasteiger partial charge in [0.15, 0.2) is 5.16 Å². The molecule has 0 spiro atoms. The van der Waals surface area contributed by atoms with Crippen LogP contribution in [-0.4, -0.2) is 32.5 Å². The number of hydrogen-bond acceptors (Lipinski definition) is 5. The highest BCUT2D eigenvalue weighted by molar-refractivity contribution is 7.99. The van der Waals surface area contributed by atoms with Crippen LogP contribution in [0, 0.1) is 13.8 Å². The molecule has 3 aromatic rings. The molecule has 1 heterocycles. The molecular weight excluding hydrogens is 398 g/mol. The lowest BCUT2D eigenvalue weighted by Crippen LogP contribution is -2.35. The van der Waals surface area contributed by atoms with Gasteiger partial charge in [-0.15, -0.1) is 10.2 Å². The molecule has 0 radical (unpaired) electrons. The molecule has 156 valence electrons. The number of carbonyl (C=O) groups excluding carboxylic acids is 2. The van der Waals surface area contributed by atoms with Crippen LogP contribution in [0.4, 0.5) is 10.5 Å². The Balaban J connectivity index is 1.54. The largest absolute Gasteiger partial charge is 0.325 e. The van der Waals surface area contributed by atoms with Gasteiger partial charge in [-0.05, 0) is 49.6 Å². The van der Waals surface area contributed by atoms with Crippen LogP contribution in [0.2, 0.25) is 0 Å². The van der Waals surface area contributed by atoms with E-state index in [1.165, 1.54) is 11.8 Å². The minimum Gasteiger partial charge on any atom is -0.308 e. The standard InChI is InChI=1S/C22H25N5O2S/c1-4-27-19(13-17-8-6-5-7-9-17)25-26-22(27)30-14-20(28)24-21(29)23-18-11-10-15(2)16(3)12-18/h5-12H,4,13-14H2,1-3H3,(H2,23,24,28,29). The van der Waals surface area contributed by atoms with Gasteiger partial charge in [0.25, 0.3) is 0 Å². The van der Waals surface area contributed by atoms with Crippen LogP contribution in [0.25, 0.3) is 0 Å². The first-order valence-electron chi connectivity index (χ1n) is 9.73. The third-order valence-corrected chi connectivity index (χ3v) is 5.63. The summed E-state index contributed by atoms with van der Waals surface area (Å²) in [6.07, 6.45) is 0.673. The Kier molecular flexibility index (Phi) is 7.24. The number of carbonyl (C=O) groups is 2. The summed E-state index contributed by atoms with van der Waals surface area (Å²) < 4.78 is 1.99. The highest BCUT2D eigenvalue weighted by Gasteiger charge is 2.15. The molecule has 7 nitrogen and oxygen atoms in total. The smallest absolute Gasteiger partial charge is 0.308 e. The zero-order valence-electron chi connectivity index (χ0n) is 17.3. The fourth-order valence-corrected chi connectivity index (χ4v) is 3.75. The molecule has 0 atom stereocenters. The lowest BCUT2D eigenvalue weighted by Gasteiger charge is -2.09. The van der Waals surface area contributed by atoms with E-state index in [4.69, 9.17) is 0 Å². The van der Waals surface area contributed by atoms with E-state index in [9.17, 15) is 9.59 Å². The number of aryl methyl sites for hydroxylation is 2. The number of urea groups is 1. The minimum absolute atomic E-state index is 0.0732. The Labute approximate surface area is 180 Å². The van der Waals surface area contributed by atoms with Gasteiger partial charge in [-0.1, -0.05) is 48.2 Å². The van der Waals surface area contributed by atoms with Crippen molar-refractivity contribution in [3.63, 3.8) is 0 Å². The van der Waals surface area contributed by atoms with Crippen molar-refractivity contribution in [1.29, 1.82) is 0 Å². The fraction of sp³-hybridized carbons (Fsp3) is 0.273. The number of anilines is 1. The van der Waals surface area contributed by atoms with Crippen LogP contribution in [0.3, 0.4) is 0 Å². The van der Waals surface area contributed by atoms with E-state index in [2.05, 4.69) is 20.8 Å². The van der Waals surface area contributed by atoms with E-state index in [0.717, 1.165) is 22.5 Å². The van der Waals surface area contributed by atoms with Gasteiger partial charge in [-0.2, -0.15) is 0 Å². The molecule has 8 heteroatoms. The third kappa shape index (κ3) is 5.70. The Hall–Kier alpha value is -3.13. The van der Waals surface area contributed by atoms with E-state index in [1.54, 1.807) is 6.07 Å². The van der Waals surface area contributed by atoms with Gasteiger partial charge in [0.05, 0.1) is 5.75 Å². The second kappa shape index (κ2) is 10.1. The number of aromatic nitrogens is 3. The first-order valence-corrected chi connectivity index (χ1v) is 10.7. The molecule has 0 fully saturated rings. The molecule has 2 N–H and O–H groups in total. The maximum atomic E-state index is 12.2. The van der Waals surface area contributed by atoms with E-state index in [0.29, 0.717) is 23.8 Å². The summed E-state index contributed by atoms with van der Waals surface area (Å²) in [4.78, 5) is 24.3. The number of nitrogens with zero attached hydrogens (tertiary/aromatic N) is 3. The monoisotopic (exact) mass is 423 g/mol. The first kappa shape index (κ1) is 21.6. The summed E-state index contributed by atoms with van der Waals surface area (Å²) in [6.45, 7) is 6.68. The van der Waals surface area contributed by atoms with Crippen molar-refractivity contribution in [3.8, 4) is 0 Å². The molecule has 30 heavy (non-hydrogen) atoms. The summed E-state index contributed by atoms with van der Waals surface area (Å²) >= 11 is 1.26. The van der Waals surface area contributed by atoms with Crippen LogP contribution in [0.15, 0.2) is 53.7 Å². The fourth-order valence-electron chi connectivity index (χ4n) is 2.93. The molecule has 0 unspecified atom stereocenters. The van der Waals surface area contributed by atoms with E-state index < -0.39 is 11.9 Å². The van der Waals surface area contributed by atoms with Crippen molar-refractivity contribution < 1.29 is 9.59 Å². The summed E-state index contributed by atoms with van der Waals surface area (Å²) in [5, 5.41) is 14.2. The quantitative estimate of drug-likeness (QED) is 0.562. The second-order valence-electron chi connectivity index (χ2n) is 6.90. The Morgan fingerprint density at radius 3 is 2.50 bits per heavy atom. The van der Waals surface area contributed by atoms with Gasteiger partial charge in [0, 0.05) is 18.7 Å². The van der Waals surface area contributed by atoms with Gasteiger partial charge in [-0.25, -0.2) is 4.79 Å². The van der Waals surface area contributed by atoms with Gasteiger partial charge >= 0.3 is 6.03 Å². The third-order valence-electron chi connectivity index (χ3n) is 4.66. The van der Waals surface area contributed by atoms with Crippen LogP contribution in [-0.2, 0) is 17.8 Å². The van der Waals surface area contributed by atoms with Gasteiger partial charge in [0.1, 0.15) is 5.82 Å². The molecule has 0 aliphatic carbocycles. The molecule has 3 amide bonds. The summed E-state index contributed by atoms with van der Waals surface area (Å²) in [5.41, 5.74) is 4.00. The molecule has 0 aliphatic heterocycles. The first-order chi connectivity index (χ1) is 14.5. The van der Waals surface area contributed by atoms with Crippen LogP contribution in [0.5, 0.6) is 0 Å². The number of rotatable bonds is 7. The van der Waals surface area contributed by atoms with E-state index in [1.807, 2.05) is 67.8 Å². The number of thioether (sulfide) groups is 1. The molecule has 0 saturated heterocycles. The predicted octanol–water partition coefficient (Wildman–Crippen LogP) is 3.95. The number of imide groups is 1. The van der Waals surface area contributed by atoms with Gasteiger partial charge in [-0.3, -0.25) is 10.1 Å². The number of hydrogen-bond donors (Lipinski definition) is 2. The maximum absolute atomic E-state index is 12.2. The molecule has 1 aromatic heterocycles. The number of benzene rings is 2. The summed E-state index contributed by atoms with van der Waals surface area (Å²) in [5.74, 6) is 0.528. The zero-order valence-corrected chi connectivity index (χ0v) is 18.1. The highest BCUT2D eigenvalue weighted by Crippen LogP contribution is 2.19. The normalized spacial score (nSPS) is 10.6. The topological polar surface area (TPSA) is 88.9 Å². The lowest BCUT2D eigenvalue weighted by atomic mass is 10.1. The number of amides is 3. The van der Waals surface area contributed by atoms with Crippen molar-refractivity contribution in [2.75, 3.05) is 11.1 Å². The average Bonchev–Trinajstić information content (AvgIpc) is 3.11. The van der Waals surface area contributed by atoms with Crippen LogP contribution in [0.1, 0.15) is 29.4 Å². The van der Waals surface area contributed by atoms with Crippen molar-refractivity contribution in [2.24, 2.45) is 0 Å². The Morgan fingerprint density at radius 1 is 1.03 bits per heavy atom. The van der Waals surface area contributed by atoms with Crippen molar-refractivity contribution >= 4 is 29.4 Å². The Bertz CT molecular complexity index is 1030. The average molecular weight is 424 g/mol.